The number of carbonyl (C=O) groups excluding carboxylic acids is 1. The minimum Gasteiger partial charge on any atom is -1.00 e. The molecule has 3 rings (SSSR count). The molecule has 1 aromatic heterocycles. The van der Waals surface area contributed by atoms with Crippen LogP contribution in [-0.2, 0) is 6.54 Å². The highest BCUT2D eigenvalue weighted by Gasteiger charge is 2.15. The van der Waals surface area contributed by atoms with Crippen molar-refractivity contribution in [1.29, 1.82) is 0 Å². The topological polar surface area (TPSA) is 20.9 Å². The number of nitrogens with zero attached hydrogens (tertiary/aromatic N) is 1. The summed E-state index contributed by atoms with van der Waals surface area (Å²) >= 11 is 12.4. The fourth-order valence-electron chi connectivity index (χ4n) is 2.38. The van der Waals surface area contributed by atoms with Gasteiger partial charge in [0.05, 0.1) is 21.2 Å². The summed E-state index contributed by atoms with van der Waals surface area (Å²) in [4.78, 5) is 12.5. The largest absolute Gasteiger partial charge is 1.00 e. The number of carbonyl (C=O) groups is 1. The van der Waals surface area contributed by atoms with Crippen LogP contribution in [-0.4, -0.2) is 5.78 Å². The molecule has 0 atom stereocenters. The molecule has 0 amide bonds. The Hall–Kier alpha value is -1.87. The third-order valence-electron chi connectivity index (χ3n) is 3.56. The highest BCUT2D eigenvalue weighted by atomic mass is 35.5. The summed E-state index contributed by atoms with van der Waals surface area (Å²) in [7, 11) is 0. The number of ketones is 1. The fraction of sp³-hybridized carbons (Fsp3) is 0.0526. The van der Waals surface area contributed by atoms with Crippen LogP contribution in [0.15, 0.2) is 73.1 Å². The molecular weight excluding hydrogens is 365 g/mol. The predicted octanol–water partition coefficient (Wildman–Crippen LogP) is 1.56. The molecule has 0 aliphatic rings. The first-order chi connectivity index (χ1) is 11.1. The molecule has 1 heterocycles. The summed E-state index contributed by atoms with van der Waals surface area (Å²) in [5, 5.41) is 1.23. The highest BCUT2D eigenvalue weighted by Crippen LogP contribution is 2.23. The predicted molar refractivity (Wildman–Crippen MR) is 92.1 cm³/mol. The Kier molecular flexibility index (Phi) is 6.38. The van der Waals surface area contributed by atoms with E-state index in [-0.39, 0.29) is 18.2 Å². The van der Waals surface area contributed by atoms with Crippen molar-refractivity contribution in [2.75, 3.05) is 0 Å². The number of benzene rings is 2. The highest BCUT2D eigenvalue weighted by molar-refractivity contribution is 6.35. The van der Waals surface area contributed by atoms with Gasteiger partial charge >= 0.3 is 0 Å². The average molecular weight is 379 g/mol. The third-order valence-corrected chi connectivity index (χ3v) is 4.27. The normalized spacial score (nSPS) is 10.1. The maximum absolute atomic E-state index is 12.5. The number of rotatable bonds is 4. The second-order valence-electron chi connectivity index (χ2n) is 5.16. The number of pyridine rings is 1. The smallest absolute Gasteiger partial charge is 0.199 e. The fourth-order valence-corrected chi connectivity index (χ4v) is 2.89. The molecule has 0 fully saturated rings. The lowest BCUT2D eigenvalue weighted by Crippen LogP contribution is -3.00. The van der Waals surface area contributed by atoms with E-state index in [1.165, 1.54) is 0 Å². The molecule has 0 aliphatic carbocycles. The summed E-state index contributed by atoms with van der Waals surface area (Å²) in [5.74, 6) is -0.00907. The Morgan fingerprint density at radius 1 is 0.833 bits per heavy atom. The van der Waals surface area contributed by atoms with Crippen molar-refractivity contribution >= 4 is 29.0 Å². The van der Waals surface area contributed by atoms with Crippen molar-refractivity contribution in [3.63, 3.8) is 0 Å². The van der Waals surface area contributed by atoms with E-state index in [1.807, 2.05) is 71.6 Å². The molecule has 0 aliphatic heterocycles. The average Bonchev–Trinajstić information content (AvgIpc) is 2.59. The van der Waals surface area contributed by atoms with Crippen LogP contribution in [0.1, 0.15) is 21.5 Å². The molecule has 0 unspecified atom stereocenters. The van der Waals surface area contributed by atoms with Crippen LogP contribution in [0.3, 0.4) is 0 Å². The lowest BCUT2D eigenvalue weighted by molar-refractivity contribution is -0.688. The van der Waals surface area contributed by atoms with E-state index < -0.39 is 0 Å². The van der Waals surface area contributed by atoms with Gasteiger partial charge in [-0.2, -0.15) is 4.57 Å². The molecule has 3 aromatic rings. The molecule has 5 heteroatoms. The third kappa shape index (κ3) is 4.15. The maximum Gasteiger partial charge on any atom is 0.199 e. The maximum atomic E-state index is 12.5. The first-order valence-corrected chi connectivity index (χ1v) is 7.92. The Balaban J connectivity index is 0.00000208. The number of halogens is 3. The van der Waals surface area contributed by atoms with Gasteiger partial charge in [0.1, 0.15) is 0 Å². The monoisotopic (exact) mass is 377 g/mol. The SMILES string of the molecule is O=C(c1ccccc1)c1ccc[n+](Cc2c(Cl)cccc2Cl)c1.[Cl-]. The lowest BCUT2D eigenvalue weighted by Gasteiger charge is -2.05. The zero-order valence-corrected chi connectivity index (χ0v) is 14.9. The first-order valence-electron chi connectivity index (χ1n) is 7.17. The summed E-state index contributed by atoms with van der Waals surface area (Å²) < 4.78 is 1.91. The van der Waals surface area contributed by atoms with E-state index in [2.05, 4.69) is 0 Å². The van der Waals surface area contributed by atoms with E-state index in [4.69, 9.17) is 23.2 Å². The molecule has 2 aromatic carbocycles. The van der Waals surface area contributed by atoms with Gasteiger partial charge in [0, 0.05) is 11.6 Å². The van der Waals surface area contributed by atoms with Gasteiger partial charge in [0.2, 0.25) is 0 Å². The number of hydrogen-bond acceptors (Lipinski definition) is 1. The van der Waals surface area contributed by atoms with Crippen molar-refractivity contribution in [2.24, 2.45) is 0 Å². The molecule has 0 bridgehead atoms. The van der Waals surface area contributed by atoms with E-state index in [0.717, 1.165) is 5.56 Å². The molecule has 0 radical (unpaired) electrons. The summed E-state index contributed by atoms with van der Waals surface area (Å²) in [6.45, 7) is 0.508. The first kappa shape index (κ1) is 18.5. The van der Waals surface area contributed by atoms with Crippen molar-refractivity contribution in [2.45, 2.75) is 6.54 Å². The molecule has 122 valence electrons. The summed E-state index contributed by atoms with van der Waals surface area (Å²) in [6, 6.07) is 18.3. The minimum atomic E-state index is -0.00907. The zero-order chi connectivity index (χ0) is 16.2. The summed E-state index contributed by atoms with van der Waals surface area (Å²) in [6.07, 6.45) is 3.70. The van der Waals surface area contributed by atoms with Crippen molar-refractivity contribution in [1.82, 2.24) is 0 Å². The second-order valence-corrected chi connectivity index (χ2v) is 5.97. The van der Waals surface area contributed by atoms with Gasteiger partial charge in [-0.25, -0.2) is 0 Å². The number of aromatic nitrogens is 1. The summed E-state index contributed by atoms with van der Waals surface area (Å²) in [5.41, 5.74) is 2.13. The van der Waals surface area contributed by atoms with Crippen LogP contribution in [0.2, 0.25) is 10.0 Å². The van der Waals surface area contributed by atoms with Gasteiger partial charge in [-0.3, -0.25) is 4.79 Å². The van der Waals surface area contributed by atoms with E-state index in [1.54, 1.807) is 6.07 Å². The molecule has 0 saturated carbocycles. The van der Waals surface area contributed by atoms with Crippen LogP contribution >= 0.6 is 23.2 Å². The van der Waals surface area contributed by atoms with Gasteiger partial charge in [-0.1, -0.05) is 59.6 Å². The molecule has 0 saturated heterocycles. The van der Waals surface area contributed by atoms with E-state index in [9.17, 15) is 4.79 Å². The number of hydrogen-bond donors (Lipinski definition) is 0. The van der Waals surface area contributed by atoms with Gasteiger partial charge in [0.15, 0.2) is 24.7 Å². The van der Waals surface area contributed by atoms with Gasteiger partial charge < -0.3 is 12.4 Å². The Labute approximate surface area is 157 Å². The van der Waals surface area contributed by atoms with E-state index >= 15 is 0 Å². The van der Waals surface area contributed by atoms with Gasteiger partial charge in [-0.15, -0.1) is 0 Å². The standard InChI is InChI=1S/C19H14Cl2NO.ClH/c20-17-9-4-10-18(21)16(17)13-22-11-5-8-15(12-22)19(23)14-6-2-1-3-7-14;/h1-12H,13H2;1H/q+1;/p-1. The van der Waals surface area contributed by atoms with Crippen molar-refractivity contribution in [3.8, 4) is 0 Å². The molecule has 0 spiro atoms. The van der Waals surface area contributed by atoms with Crippen molar-refractivity contribution < 1.29 is 21.8 Å². The molecule has 2 nitrogen and oxygen atoms in total. The molecular formula is C19H14Cl3NO. The minimum absolute atomic E-state index is 0. The quantitative estimate of drug-likeness (QED) is 0.499. The van der Waals surface area contributed by atoms with Crippen LogP contribution < -0.4 is 17.0 Å². The lowest BCUT2D eigenvalue weighted by atomic mass is 10.1. The van der Waals surface area contributed by atoms with Crippen LogP contribution in [0.5, 0.6) is 0 Å². The van der Waals surface area contributed by atoms with Gasteiger partial charge in [0.25, 0.3) is 0 Å². The van der Waals surface area contributed by atoms with Gasteiger partial charge in [-0.05, 0) is 18.2 Å². The second kappa shape index (κ2) is 8.29. The Bertz CT molecular complexity index is 830. The molecule has 0 N–H and O–H groups in total. The van der Waals surface area contributed by atoms with Crippen LogP contribution in [0.25, 0.3) is 0 Å². The zero-order valence-electron chi connectivity index (χ0n) is 12.6. The Morgan fingerprint density at radius 3 is 2.12 bits per heavy atom. The Morgan fingerprint density at radius 2 is 1.46 bits per heavy atom. The van der Waals surface area contributed by atoms with Crippen LogP contribution in [0.4, 0.5) is 0 Å². The van der Waals surface area contributed by atoms with E-state index in [0.29, 0.717) is 27.7 Å². The van der Waals surface area contributed by atoms with Crippen LogP contribution in [0, 0.1) is 0 Å². The molecule has 24 heavy (non-hydrogen) atoms. The van der Waals surface area contributed by atoms with Crippen molar-refractivity contribution in [3.05, 3.63) is 99.8 Å².